The first-order chi connectivity index (χ1) is 16.5. The van der Waals surface area contributed by atoms with Gasteiger partial charge in [-0.3, -0.25) is 9.69 Å². The number of rotatable bonds is 5. The van der Waals surface area contributed by atoms with E-state index < -0.39 is 0 Å². The van der Waals surface area contributed by atoms with Gasteiger partial charge in [0.15, 0.2) is 0 Å². The van der Waals surface area contributed by atoms with Crippen LogP contribution in [-0.2, 0) is 27.9 Å². The number of carbonyl (C=O) groups excluding carboxylic acids is 2. The van der Waals surface area contributed by atoms with E-state index in [1.54, 1.807) is 11.3 Å². The molecule has 3 heterocycles. The van der Waals surface area contributed by atoms with Crippen LogP contribution in [0, 0.1) is 6.92 Å². The number of piperidine rings is 1. The van der Waals surface area contributed by atoms with Crippen LogP contribution < -0.4 is 4.90 Å². The lowest BCUT2D eigenvalue weighted by molar-refractivity contribution is -0.118. The Morgan fingerprint density at radius 1 is 1.06 bits per heavy atom. The van der Waals surface area contributed by atoms with Crippen molar-refractivity contribution in [3.05, 3.63) is 87.1 Å². The number of esters is 1. The van der Waals surface area contributed by atoms with Gasteiger partial charge < -0.3 is 9.64 Å². The second kappa shape index (κ2) is 9.35. The highest BCUT2D eigenvalue weighted by atomic mass is 32.1. The Morgan fingerprint density at radius 3 is 2.50 bits per heavy atom. The van der Waals surface area contributed by atoms with E-state index >= 15 is 0 Å². The molecule has 0 unspecified atom stereocenters. The van der Waals surface area contributed by atoms with Crippen LogP contribution in [0.25, 0.3) is 0 Å². The van der Waals surface area contributed by atoms with Crippen LogP contribution in [0.3, 0.4) is 0 Å². The van der Waals surface area contributed by atoms with Crippen LogP contribution in [0.15, 0.2) is 60.0 Å². The van der Waals surface area contributed by atoms with Crippen molar-refractivity contribution in [1.29, 1.82) is 0 Å². The molecule has 1 spiro atoms. The maximum absolute atomic E-state index is 13.3. The van der Waals surface area contributed by atoms with Crippen molar-refractivity contribution in [2.45, 2.75) is 38.1 Å². The lowest BCUT2D eigenvalue weighted by atomic mass is 9.74. The zero-order valence-corrected chi connectivity index (χ0v) is 20.6. The Morgan fingerprint density at radius 2 is 1.82 bits per heavy atom. The minimum absolute atomic E-state index is 0.0255. The van der Waals surface area contributed by atoms with E-state index in [4.69, 9.17) is 4.74 Å². The summed E-state index contributed by atoms with van der Waals surface area (Å²) in [5.74, 6) is -0.114. The average molecular weight is 475 g/mol. The molecule has 0 N–H and O–H groups in total. The van der Waals surface area contributed by atoms with Crippen LogP contribution in [0.5, 0.6) is 0 Å². The second-order valence-corrected chi connectivity index (χ2v) is 10.5. The maximum atomic E-state index is 13.3. The lowest BCUT2D eigenvalue weighted by Gasteiger charge is -2.40. The molecule has 0 saturated carbocycles. The summed E-state index contributed by atoms with van der Waals surface area (Å²) < 4.78 is 4.79. The Kier molecular flexibility index (Phi) is 6.28. The highest BCUT2D eigenvalue weighted by Crippen LogP contribution is 2.47. The fraction of sp³-hybridized carbons (Fsp3) is 0.357. The van der Waals surface area contributed by atoms with Crippen LogP contribution in [0.2, 0.25) is 0 Å². The number of likely N-dealkylation sites (tertiary alicyclic amines) is 1. The van der Waals surface area contributed by atoms with E-state index in [1.807, 2.05) is 46.7 Å². The predicted molar refractivity (Wildman–Crippen MR) is 136 cm³/mol. The van der Waals surface area contributed by atoms with Crippen molar-refractivity contribution in [2.75, 3.05) is 31.6 Å². The zero-order valence-electron chi connectivity index (χ0n) is 19.8. The summed E-state index contributed by atoms with van der Waals surface area (Å²) >= 11 is 1.65. The number of carbonyl (C=O) groups is 2. The van der Waals surface area contributed by atoms with Gasteiger partial charge in [-0.05, 0) is 73.6 Å². The molecule has 1 fully saturated rings. The molecule has 2 aliphatic rings. The summed E-state index contributed by atoms with van der Waals surface area (Å²) in [6.07, 6.45) is 2.54. The number of anilines is 1. The number of methoxy groups -OCH3 is 1. The number of nitrogens with zero attached hydrogens (tertiary/aromatic N) is 2. The van der Waals surface area contributed by atoms with Crippen molar-refractivity contribution in [2.24, 2.45) is 0 Å². The number of hydrogen-bond donors (Lipinski definition) is 0. The number of benzene rings is 2. The number of aryl methyl sites for hydroxylation is 1. The molecule has 176 valence electrons. The van der Waals surface area contributed by atoms with Crippen LogP contribution in [-0.4, -0.2) is 43.5 Å². The van der Waals surface area contributed by atoms with Gasteiger partial charge in [-0.2, -0.15) is 0 Å². The van der Waals surface area contributed by atoms with Gasteiger partial charge in [-0.1, -0.05) is 35.9 Å². The van der Waals surface area contributed by atoms with Crippen molar-refractivity contribution in [3.63, 3.8) is 0 Å². The molecule has 5 nitrogen and oxygen atoms in total. The number of hydrogen-bond acceptors (Lipinski definition) is 5. The standard InChI is InChI=1S/C28H30N2O3S/c1-20-5-10-25-24(16-20)28(19-30(25)26(31)17-23-4-3-15-34-23)11-13-29(14-12-28)18-21-6-8-22(9-7-21)27(32)33-2/h3-10,15-16H,11-14,17-19H2,1-2H3. The van der Waals surface area contributed by atoms with E-state index in [9.17, 15) is 9.59 Å². The second-order valence-electron chi connectivity index (χ2n) is 9.50. The highest BCUT2D eigenvalue weighted by molar-refractivity contribution is 7.10. The molecule has 0 radical (unpaired) electrons. The van der Waals surface area contributed by atoms with Crippen molar-refractivity contribution in [1.82, 2.24) is 4.90 Å². The van der Waals surface area contributed by atoms with Crippen LogP contribution in [0.1, 0.15) is 44.8 Å². The topological polar surface area (TPSA) is 49.9 Å². The SMILES string of the molecule is COC(=O)c1ccc(CN2CCC3(CC2)CN(C(=O)Cc2cccs2)c2ccc(C)cc23)cc1. The number of thiophene rings is 1. The van der Waals surface area contributed by atoms with E-state index in [0.29, 0.717) is 12.0 Å². The van der Waals surface area contributed by atoms with Gasteiger partial charge in [0.25, 0.3) is 0 Å². The van der Waals surface area contributed by atoms with Crippen molar-refractivity contribution in [3.8, 4) is 0 Å². The molecule has 1 aromatic heterocycles. The Balaban J connectivity index is 1.29. The van der Waals surface area contributed by atoms with Gasteiger partial charge in [0.05, 0.1) is 19.1 Å². The first-order valence-electron chi connectivity index (χ1n) is 11.8. The van der Waals surface area contributed by atoms with Gasteiger partial charge in [-0.25, -0.2) is 4.79 Å². The quantitative estimate of drug-likeness (QED) is 0.490. The fourth-order valence-electron chi connectivity index (χ4n) is 5.35. The van der Waals surface area contributed by atoms with E-state index in [0.717, 1.165) is 49.6 Å². The third-order valence-corrected chi connectivity index (χ3v) is 8.15. The molecule has 0 atom stereocenters. The molecule has 2 aliphatic heterocycles. The number of fused-ring (bicyclic) bond motifs is 2. The molecule has 0 aliphatic carbocycles. The summed E-state index contributed by atoms with van der Waals surface area (Å²) in [5, 5.41) is 2.03. The maximum Gasteiger partial charge on any atom is 0.337 e. The molecular weight excluding hydrogens is 444 g/mol. The molecule has 1 amide bonds. The van der Waals surface area contributed by atoms with Gasteiger partial charge >= 0.3 is 5.97 Å². The summed E-state index contributed by atoms with van der Waals surface area (Å²) in [7, 11) is 1.40. The van der Waals surface area contributed by atoms with Gasteiger partial charge in [0, 0.05) is 29.1 Å². The average Bonchev–Trinajstić information content (AvgIpc) is 3.47. The van der Waals surface area contributed by atoms with E-state index in [1.165, 1.54) is 23.8 Å². The summed E-state index contributed by atoms with van der Waals surface area (Å²) in [5.41, 5.74) is 5.48. The summed E-state index contributed by atoms with van der Waals surface area (Å²) in [6.45, 7) is 5.74. The highest BCUT2D eigenvalue weighted by Gasteiger charge is 2.46. The smallest absolute Gasteiger partial charge is 0.337 e. The zero-order chi connectivity index (χ0) is 23.7. The van der Waals surface area contributed by atoms with Crippen molar-refractivity contribution < 1.29 is 14.3 Å². The van der Waals surface area contributed by atoms with Crippen LogP contribution >= 0.6 is 11.3 Å². The third kappa shape index (κ3) is 4.40. The summed E-state index contributed by atoms with van der Waals surface area (Å²) in [6, 6.07) is 18.3. The Hall–Kier alpha value is -2.96. The van der Waals surface area contributed by atoms with Crippen LogP contribution in [0.4, 0.5) is 5.69 Å². The van der Waals surface area contributed by atoms with Crippen molar-refractivity contribution >= 4 is 28.9 Å². The Labute approximate surface area is 205 Å². The molecule has 6 heteroatoms. The molecule has 3 aromatic rings. The monoisotopic (exact) mass is 474 g/mol. The van der Waals surface area contributed by atoms with E-state index in [-0.39, 0.29) is 17.3 Å². The van der Waals surface area contributed by atoms with Gasteiger partial charge in [-0.15, -0.1) is 11.3 Å². The summed E-state index contributed by atoms with van der Waals surface area (Å²) in [4.78, 5) is 30.6. The predicted octanol–water partition coefficient (Wildman–Crippen LogP) is 4.97. The molecule has 2 aromatic carbocycles. The first kappa shape index (κ1) is 22.8. The molecule has 34 heavy (non-hydrogen) atoms. The Bertz CT molecular complexity index is 1180. The van der Waals surface area contributed by atoms with Gasteiger partial charge in [0.2, 0.25) is 5.91 Å². The largest absolute Gasteiger partial charge is 0.465 e. The first-order valence-corrected chi connectivity index (χ1v) is 12.7. The van der Waals surface area contributed by atoms with E-state index in [2.05, 4.69) is 30.0 Å². The van der Waals surface area contributed by atoms with Gasteiger partial charge in [0.1, 0.15) is 0 Å². The minimum atomic E-state index is -0.306. The minimum Gasteiger partial charge on any atom is -0.465 e. The molecule has 1 saturated heterocycles. The third-order valence-electron chi connectivity index (χ3n) is 7.28. The molecule has 0 bridgehead atoms. The number of ether oxygens (including phenoxy) is 1. The molecule has 5 rings (SSSR count). The number of amides is 1. The normalized spacial score (nSPS) is 17.1. The molecular formula is C28H30N2O3S. The lowest BCUT2D eigenvalue weighted by Crippen LogP contribution is -2.46. The fourth-order valence-corrected chi connectivity index (χ4v) is 6.05.